The zero-order chi connectivity index (χ0) is 30.7. The lowest BCUT2D eigenvalue weighted by atomic mass is 10.0. The molecule has 0 aliphatic heterocycles. The summed E-state index contributed by atoms with van der Waals surface area (Å²) in [6.07, 6.45) is 14.6. The smallest absolute Gasteiger partial charge is 0.382 e. The molecule has 2 aromatic heterocycles. The lowest BCUT2D eigenvalue weighted by molar-refractivity contribution is -0.0697. The molecule has 0 aliphatic rings. The molecule has 1 unspecified atom stereocenters. The van der Waals surface area contributed by atoms with Crippen molar-refractivity contribution >= 4 is 24.6 Å². The number of alkyl halides is 3. The van der Waals surface area contributed by atoms with Gasteiger partial charge in [0.15, 0.2) is 11.5 Å². The van der Waals surface area contributed by atoms with Crippen molar-refractivity contribution in [2.24, 2.45) is 0 Å². The molecule has 3 N–H and O–H groups in total. The number of nitrogens with zero attached hydrogens (tertiary/aromatic N) is 4. The summed E-state index contributed by atoms with van der Waals surface area (Å²) in [5.41, 5.74) is 6.89. The van der Waals surface area contributed by atoms with Crippen LogP contribution in [0.15, 0.2) is 12.7 Å². The van der Waals surface area contributed by atoms with E-state index in [9.17, 15) is 22.6 Å². The van der Waals surface area contributed by atoms with Crippen LogP contribution in [0.5, 0.6) is 0 Å². The number of hydrogen-bond donors (Lipinski definition) is 2. The van der Waals surface area contributed by atoms with Gasteiger partial charge in [0.05, 0.1) is 25.6 Å². The first-order chi connectivity index (χ1) is 20.1. The van der Waals surface area contributed by atoms with Crippen LogP contribution in [0.3, 0.4) is 0 Å². The molecule has 2 rings (SSSR count). The first-order valence-corrected chi connectivity index (χ1v) is 16.9. The largest absolute Gasteiger partial charge is 0.457 e. The van der Waals surface area contributed by atoms with Crippen LogP contribution >= 0.6 is 7.60 Å². The predicted octanol–water partition coefficient (Wildman–Crippen LogP) is 7.78. The predicted molar refractivity (Wildman–Crippen MR) is 159 cm³/mol. The second-order valence-electron chi connectivity index (χ2n) is 10.8. The molecule has 2 heterocycles. The van der Waals surface area contributed by atoms with Crippen molar-refractivity contribution in [1.29, 1.82) is 0 Å². The minimum Gasteiger partial charge on any atom is -0.382 e. The molecular formula is C29H47F3N5O4P. The van der Waals surface area contributed by atoms with Crippen LogP contribution in [-0.2, 0) is 20.4 Å². The molecule has 0 saturated heterocycles. The molecule has 0 aliphatic carbocycles. The fourth-order valence-corrected chi connectivity index (χ4v) is 5.54. The second-order valence-corrected chi connectivity index (χ2v) is 12.5. The maximum atomic E-state index is 12.3. The number of halogens is 3. The summed E-state index contributed by atoms with van der Waals surface area (Å²) >= 11 is 0. The van der Waals surface area contributed by atoms with Gasteiger partial charge >= 0.3 is 13.8 Å². The van der Waals surface area contributed by atoms with Gasteiger partial charge in [-0.3, -0.25) is 4.57 Å². The molecule has 13 heteroatoms. The van der Waals surface area contributed by atoms with Crippen molar-refractivity contribution in [2.45, 2.75) is 128 Å². The maximum absolute atomic E-state index is 12.3. The number of fused-ring (bicyclic) bond motifs is 1. The summed E-state index contributed by atoms with van der Waals surface area (Å²) in [7, 11) is -3.82. The summed E-state index contributed by atoms with van der Waals surface area (Å²) in [5, 5.41) is 0. The minimum atomic E-state index is -4.37. The van der Waals surface area contributed by atoms with Gasteiger partial charge in [0.25, 0.3) is 0 Å². The summed E-state index contributed by atoms with van der Waals surface area (Å²) in [5.74, 6) is 3.80. The van der Waals surface area contributed by atoms with E-state index in [1.165, 1.54) is 57.2 Å². The van der Waals surface area contributed by atoms with E-state index in [0.29, 0.717) is 29.9 Å². The number of hydrogen-bond acceptors (Lipinski definition) is 7. The van der Waals surface area contributed by atoms with Gasteiger partial charge in [0.1, 0.15) is 18.2 Å². The molecular weight excluding hydrogens is 570 g/mol. The number of aromatic nitrogens is 4. The van der Waals surface area contributed by atoms with Crippen LogP contribution in [0.4, 0.5) is 19.0 Å². The SMILES string of the molecule is C[C@H](Cn1cnc2c(N)ncnc21)OCP(=O)(O)OCCCCCCCCCCCCCCCCCC#CC(F)(F)F. The molecule has 0 radical (unpaired) electrons. The van der Waals surface area contributed by atoms with Crippen molar-refractivity contribution in [2.75, 3.05) is 18.7 Å². The van der Waals surface area contributed by atoms with Gasteiger partial charge in [-0.1, -0.05) is 89.4 Å². The van der Waals surface area contributed by atoms with Gasteiger partial charge in [-0.15, -0.1) is 0 Å². The van der Waals surface area contributed by atoms with Gasteiger partial charge in [0, 0.05) is 12.3 Å². The minimum absolute atomic E-state index is 0.236. The highest BCUT2D eigenvalue weighted by Crippen LogP contribution is 2.42. The molecule has 0 spiro atoms. The first-order valence-electron chi connectivity index (χ1n) is 15.1. The molecule has 238 valence electrons. The van der Waals surface area contributed by atoms with E-state index in [2.05, 4.69) is 20.9 Å². The Morgan fingerprint density at radius 3 is 2.05 bits per heavy atom. The zero-order valence-corrected chi connectivity index (χ0v) is 25.7. The van der Waals surface area contributed by atoms with E-state index in [4.69, 9.17) is 15.0 Å². The van der Waals surface area contributed by atoms with Crippen LogP contribution in [0.1, 0.15) is 110 Å². The standard InChI is InChI=1S/C29H47F3N5O4P/c1-25(21-37-23-36-26-27(33)34-22-35-28(26)37)40-24-42(38,39)41-20-18-16-14-12-10-8-6-4-2-3-5-7-9-11-13-15-17-19-29(30,31)32/h22-23,25H,2-16,18,20-21,24H2,1H3,(H,38,39)(H2,33,34,35)/t25-/m1/s1. The molecule has 0 amide bonds. The van der Waals surface area contributed by atoms with E-state index in [0.717, 1.165) is 51.4 Å². The van der Waals surface area contributed by atoms with Crippen molar-refractivity contribution in [3.63, 3.8) is 0 Å². The number of imidazole rings is 1. The number of anilines is 1. The van der Waals surface area contributed by atoms with E-state index in [1.807, 2.05) is 0 Å². The molecule has 9 nitrogen and oxygen atoms in total. The topological polar surface area (TPSA) is 125 Å². The zero-order valence-electron chi connectivity index (χ0n) is 24.8. The van der Waals surface area contributed by atoms with Gasteiger partial charge < -0.3 is 24.5 Å². The summed E-state index contributed by atoms with van der Waals surface area (Å²) in [6.45, 7) is 2.43. The Bertz CT molecular complexity index is 1140. The third-order valence-corrected chi connectivity index (χ3v) is 7.94. The van der Waals surface area contributed by atoms with Crippen molar-refractivity contribution in [3.05, 3.63) is 12.7 Å². The molecule has 0 saturated carbocycles. The van der Waals surface area contributed by atoms with E-state index >= 15 is 0 Å². The quantitative estimate of drug-likeness (QED) is 0.0736. The van der Waals surface area contributed by atoms with E-state index < -0.39 is 13.8 Å². The average Bonchev–Trinajstić information content (AvgIpc) is 3.34. The number of unbranched alkanes of at least 4 members (excludes halogenated alkanes) is 15. The number of nitrogen functional groups attached to an aromatic ring is 1. The molecule has 0 aromatic carbocycles. The highest BCUT2D eigenvalue weighted by molar-refractivity contribution is 7.52. The van der Waals surface area contributed by atoms with Crippen LogP contribution in [0, 0.1) is 11.8 Å². The normalized spacial score (nSPS) is 14.0. The highest BCUT2D eigenvalue weighted by Gasteiger charge is 2.23. The lowest BCUT2D eigenvalue weighted by Crippen LogP contribution is -2.17. The second kappa shape index (κ2) is 19.9. The third kappa shape index (κ3) is 16.4. The molecule has 42 heavy (non-hydrogen) atoms. The Morgan fingerprint density at radius 2 is 1.48 bits per heavy atom. The highest BCUT2D eigenvalue weighted by atomic mass is 31.2. The van der Waals surface area contributed by atoms with E-state index in [-0.39, 0.29) is 19.1 Å². The van der Waals surface area contributed by atoms with E-state index in [1.54, 1.807) is 17.8 Å². The van der Waals surface area contributed by atoms with Crippen LogP contribution in [-0.4, -0.2) is 49.6 Å². The van der Waals surface area contributed by atoms with Gasteiger partial charge in [0.2, 0.25) is 0 Å². The fourth-order valence-electron chi connectivity index (χ4n) is 4.60. The number of ether oxygens (including phenoxy) is 1. The summed E-state index contributed by atoms with van der Waals surface area (Å²) in [4.78, 5) is 22.4. The van der Waals surface area contributed by atoms with Crippen molar-refractivity contribution < 1.29 is 31.9 Å². The summed E-state index contributed by atoms with van der Waals surface area (Å²) < 4.78 is 60.6. The Labute approximate surface area is 247 Å². The molecule has 2 atom stereocenters. The number of rotatable bonds is 23. The first kappa shape index (κ1) is 36.0. The third-order valence-electron chi connectivity index (χ3n) is 6.87. The fraction of sp³-hybridized carbons (Fsp3) is 0.759. The van der Waals surface area contributed by atoms with Gasteiger partial charge in [-0.05, 0) is 19.8 Å². The number of nitrogens with two attached hydrogens (primary N) is 1. The molecule has 2 aromatic rings. The Hall–Kier alpha value is -2.19. The van der Waals surface area contributed by atoms with Crippen molar-refractivity contribution in [3.8, 4) is 11.8 Å². The maximum Gasteiger partial charge on any atom is 0.457 e. The molecule has 0 bridgehead atoms. The summed E-state index contributed by atoms with van der Waals surface area (Å²) in [6, 6.07) is 0. The Balaban J connectivity index is 1.36. The Kier molecular flexibility index (Phi) is 17.1. The van der Waals surface area contributed by atoms with Crippen LogP contribution in [0.25, 0.3) is 11.2 Å². The average molecular weight is 618 g/mol. The molecule has 0 fully saturated rings. The van der Waals surface area contributed by atoms with Crippen molar-refractivity contribution in [1.82, 2.24) is 19.5 Å². The van der Waals surface area contributed by atoms with Gasteiger partial charge in [-0.25, -0.2) is 15.0 Å². The monoisotopic (exact) mass is 617 g/mol. The van der Waals surface area contributed by atoms with Crippen LogP contribution < -0.4 is 5.73 Å². The lowest BCUT2D eigenvalue weighted by Gasteiger charge is -2.17. The Morgan fingerprint density at radius 1 is 0.929 bits per heavy atom. The van der Waals surface area contributed by atoms with Crippen LogP contribution in [0.2, 0.25) is 0 Å². The van der Waals surface area contributed by atoms with Gasteiger partial charge in [-0.2, -0.15) is 13.2 Å².